The van der Waals surface area contributed by atoms with E-state index in [9.17, 15) is 4.79 Å². The third-order valence-electron chi connectivity index (χ3n) is 4.18. The first-order valence-electron chi connectivity index (χ1n) is 9.51. The molecule has 0 atom stereocenters. The summed E-state index contributed by atoms with van der Waals surface area (Å²) in [5.74, 6) is -0.314. The van der Waals surface area contributed by atoms with E-state index in [0.29, 0.717) is 17.3 Å². The zero-order valence-corrected chi connectivity index (χ0v) is 17.7. The van der Waals surface area contributed by atoms with Gasteiger partial charge in [0, 0.05) is 18.8 Å². The lowest BCUT2D eigenvalue weighted by Crippen LogP contribution is -2.36. The van der Waals surface area contributed by atoms with Gasteiger partial charge in [-0.15, -0.1) is 0 Å². The minimum atomic E-state index is -0.314. The Hall–Kier alpha value is -2.44. The Morgan fingerprint density at radius 1 is 1.04 bits per heavy atom. The molecule has 0 bridgehead atoms. The minimum Gasteiger partial charge on any atom is -0.462 e. The Morgan fingerprint density at radius 2 is 1.71 bits per heavy atom. The zero-order chi connectivity index (χ0) is 20.4. The molecule has 0 amide bonds. The quantitative estimate of drug-likeness (QED) is 0.508. The molecule has 0 spiro atoms. The summed E-state index contributed by atoms with van der Waals surface area (Å²) in [5, 5.41) is 3.96. The largest absolute Gasteiger partial charge is 0.462 e. The highest BCUT2D eigenvalue weighted by Gasteiger charge is 2.12. The van der Waals surface area contributed by atoms with Gasteiger partial charge < -0.3 is 19.9 Å². The van der Waals surface area contributed by atoms with Crippen molar-refractivity contribution in [3.05, 3.63) is 65.7 Å². The number of anilines is 1. The number of carbonyl (C=O) groups is 1. The molecule has 0 aromatic heterocycles. The van der Waals surface area contributed by atoms with Gasteiger partial charge in [-0.05, 0) is 76.0 Å². The molecule has 5 nitrogen and oxygen atoms in total. The fourth-order valence-electron chi connectivity index (χ4n) is 2.74. The summed E-state index contributed by atoms with van der Waals surface area (Å²) in [7, 11) is 4.15. The number of ether oxygens (including phenoxy) is 1. The van der Waals surface area contributed by atoms with Crippen LogP contribution < -0.4 is 5.32 Å². The van der Waals surface area contributed by atoms with Gasteiger partial charge in [-0.1, -0.05) is 30.3 Å². The predicted molar refractivity (Wildman–Crippen MR) is 119 cm³/mol. The summed E-state index contributed by atoms with van der Waals surface area (Å²) in [5.41, 5.74) is 2.60. The molecule has 150 valence electrons. The molecule has 0 saturated carbocycles. The first kappa shape index (κ1) is 21.9. The van der Waals surface area contributed by atoms with Crippen LogP contribution in [0.1, 0.15) is 29.3 Å². The van der Waals surface area contributed by atoms with Crippen LogP contribution in [-0.4, -0.2) is 54.7 Å². The molecule has 2 rings (SSSR count). The second-order valence-corrected chi connectivity index (χ2v) is 7.18. The van der Waals surface area contributed by atoms with Gasteiger partial charge in [-0.25, -0.2) is 4.79 Å². The molecule has 0 fully saturated rings. The molecule has 6 heteroatoms. The molecule has 0 radical (unpaired) electrons. The van der Waals surface area contributed by atoms with Crippen LogP contribution in [0.25, 0.3) is 0 Å². The van der Waals surface area contributed by atoms with Crippen molar-refractivity contribution in [2.24, 2.45) is 0 Å². The smallest absolute Gasteiger partial charge is 0.338 e. The number of thiocarbonyl (C=S) groups is 1. The van der Waals surface area contributed by atoms with E-state index >= 15 is 0 Å². The van der Waals surface area contributed by atoms with Crippen molar-refractivity contribution in [1.29, 1.82) is 0 Å². The lowest BCUT2D eigenvalue weighted by molar-refractivity contribution is 0.0526. The van der Waals surface area contributed by atoms with Crippen LogP contribution in [0.5, 0.6) is 0 Å². The van der Waals surface area contributed by atoms with E-state index in [-0.39, 0.29) is 5.97 Å². The molecule has 0 aliphatic rings. The van der Waals surface area contributed by atoms with Gasteiger partial charge in [0.1, 0.15) is 0 Å². The van der Waals surface area contributed by atoms with Crippen molar-refractivity contribution in [2.75, 3.05) is 39.1 Å². The second kappa shape index (κ2) is 11.4. The Balaban J connectivity index is 2.02. The van der Waals surface area contributed by atoms with Crippen LogP contribution in [-0.2, 0) is 11.3 Å². The number of hydrogen-bond acceptors (Lipinski definition) is 4. The Labute approximate surface area is 173 Å². The van der Waals surface area contributed by atoms with Crippen molar-refractivity contribution >= 4 is 29.0 Å². The summed E-state index contributed by atoms with van der Waals surface area (Å²) in [6, 6.07) is 17.5. The number of esters is 1. The summed E-state index contributed by atoms with van der Waals surface area (Å²) in [4.78, 5) is 16.1. The van der Waals surface area contributed by atoms with Gasteiger partial charge in [0.2, 0.25) is 0 Å². The molecule has 0 saturated heterocycles. The summed E-state index contributed by atoms with van der Waals surface area (Å²) in [6.07, 6.45) is 1.02. The first-order chi connectivity index (χ1) is 13.5. The monoisotopic (exact) mass is 399 g/mol. The number of nitrogens with one attached hydrogen (secondary N) is 1. The third-order valence-corrected chi connectivity index (χ3v) is 4.54. The highest BCUT2D eigenvalue weighted by atomic mass is 32.1. The number of hydrogen-bond donors (Lipinski definition) is 1. The SMILES string of the molecule is CCOC(=O)c1ccc(NC(=S)N(CCCN(C)C)Cc2ccccc2)cc1. The first-order valence-corrected chi connectivity index (χ1v) is 9.92. The maximum Gasteiger partial charge on any atom is 0.338 e. The van der Waals surface area contributed by atoms with Gasteiger partial charge in [0.15, 0.2) is 5.11 Å². The van der Waals surface area contributed by atoms with Crippen LogP contribution in [0, 0.1) is 0 Å². The maximum atomic E-state index is 11.8. The molecule has 28 heavy (non-hydrogen) atoms. The molecule has 0 unspecified atom stereocenters. The van der Waals surface area contributed by atoms with Crippen molar-refractivity contribution in [1.82, 2.24) is 9.80 Å². The molecule has 0 aliphatic heterocycles. The molecule has 0 aliphatic carbocycles. The minimum absolute atomic E-state index is 0.314. The van der Waals surface area contributed by atoms with E-state index < -0.39 is 0 Å². The van der Waals surface area contributed by atoms with Gasteiger partial charge in [0.05, 0.1) is 12.2 Å². The van der Waals surface area contributed by atoms with Crippen LogP contribution >= 0.6 is 12.2 Å². The van der Waals surface area contributed by atoms with E-state index in [1.165, 1.54) is 5.56 Å². The Bertz CT molecular complexity index is 748. The van der Waals surface area contributed by atoms with Gasteiger partial charge >= 0.3 is 5.97 Å². The standard InChI is InChI=1S/C22H29N3O2S/c1-4-27-21(26)19-11-13-20(14-12-19)23-22(28)25(16-8-15-24(2)3)17-18-9-6-5-7-10-18/h5-7,9-14H,4,8,15-17H2,1-3H3,(H,23,28). The fourth-order valence-corrected chi connectivity index (χ4v) is 3.01. The van der Waals surface area contributed by atoms with Gasteiger partial charge in [-0.3, -0.25) is 0 Å². The van der Waals surface area contributed by atoms with E-state index in [1.54, 1.807) is 19.1 Å². The molecular weight excluding hydrogens is 370 g/mol. The average molecular weight is 400 g/mol. The fraction of sp³-hybridized carbons (Fsp3) is 0.364. The summed E-state index contributed by atoms with van der Waals surface area (Å²) >= 11 is 5.67. The van der Waals surface area contributed by atoms with Crippen LogP contribution in [0.3, 0.4) is 0 Å². The van der Waals surface area contributed by atoms with Crippen molar-refractivity contribution in [3.8, 4) is 0 Å². The van der Waals surface area contributed by atoms with Gasteiger partial charge in [-0.2, -0.15) is 0 Å². The van der Waals surface area contributed by atoms with E-state index in [4.69, 9.17) is 17.0 Å². The van der Waals surface area contributed by atoms with Crippen LogP contribution in [0.2, 0.25) is 0 Å². The van der Waals surface area contributed by atoms with E-state index in [1.807, 2.05) is 30.3 Å². The zero-order valence-electron chi connectivity index (χ0n) is 16.9. The number of benzene rings is 2. The average Bonchev–Trinajstić information content (AvgIpc) is 2.68. The number of rotatable bonds is 9. The summed E-state index contributed by atoms with van der Waals surface area (Å²) in [6.45, 7) is 4.77. The second-order valence-electron chi connectivity index (χ2n) is 6.79. The van der Waals surface area contributed by atoms with Crippen molar-refractivity contribution in [3.63, 3.8) is 0 Å². The Kier molecular flexibility index (Phi) is 8.91. The lowest BCUT2D eigenvalue weighted by atomic mass is 10.2. The lowest BCUT2D eigenvalue weighted by Gasteiger charge is -2.27. The third kappa shape index (κ3) is 7.29. The predicted octanol–water partition coefficient (Wildman–Crippen LogP) is 4.01. The van der Waals surface area contributed by atoms with E-state index in [2.05, 4.69) is 41.3 Å². The van der Waals surface area contributed by atoms with E-state index in [0.717, 1.165) is 31.7 Å². The van der Waals surface area contributed by atoms with Crippen molar-refractivity contribution < 1.29 is 9.53 Å². The highest BCUT2D eigenvalue weighted by Crippen LogP contribution is 2.13. The van der Waals surface area contributed by atoms with Crippen molar-refractivity contribution in [2.45, 2.75) is 19.9 Å². The highest BCUT2D eigenvalue weighted by molar-refractivity contribution is 7.80. The van der Waals surface area contributed by atoms with Crippen LogP contribution in [0.4, 0.5) is 5.69 Å². The maximum absolute atomic E-state index is 11.8. The molecule has 1 N–H and O–H groups in total. The van der Waals surface area contributed by atoms with Crippen LogP contribution in [0.15, 0.2) is 54.6 Å². The molecule has 0 heterocycles. The number of carbonyl (C=O) groups excluding carboxylic acids is 1. The number of nitrogens with zero attached hydrogens (tertiary/aromatic N) is 2. The molecule has 2 aromatic carbocycles. The topological polar surface area (TPSA) is 44.8 Å². The normalized spacial score (nSPS) is 10.6. The van der Waals surface area contributed by atoms with Gasteiger partial charge in [0.25, 0.3) is 0 Å². The molecular formula is C22H29N3O2S. The molecule has 2 aromatic rings. The Morgan fingerprint density at radius 3 is 2.32 bits per heavy atom. The summed E-state index contributed by atoms with van der Waals surface area (Å²) < 4.78 is 5.02.